The second-order valence-electron chi connectivity index (χ2n) is 12.3. The topological polar surface area (TPSA) is 132 Å². The summed E-state index contributed by atoms with van der Waals surface area (Å²) >= 11 is 0. The average Bonchev–Trinajstić information content (AvgIpc) is 3.12. The van der Waals surface area contributed by atoms with Gasteiger partial charge < -0.3 is 29.8 Å². The molecule has 5 rings (SSSR count). The predicted molar refractivity (Wildman–Crippen MR) is 198 cm³/mol. The SMILES string of the molecule is CC(=O)NC(C)CCc1ccc(Oc2ccc(=O)[nH]c2)cc1.CC(=O)NC(C)CCc1ccc(Oc2ccc(OCc3ccccc3)nc2)cc1. The molecule has 266 valence electrons. The van der Waals surface area contributed by atoms with Crippen LogP contribution in [0.1, 0.15) is 57.2 Å². The van der Waals surface area contributed by atoms with Gasteiger partial charge in [0.25, 0.3) is 0 Å². The molecule has 2 unspecified atom stereocenters. The van der Waals surface area contributed by atoms with Gasteiger partial charge in [0.05, 0.1) is 6.20 Å². The molecule has 0 fully saturated rings. The van der Waals surface area contributed by atoms with Crippen LogP contribution in [0.15, 0.2) is 120 Å². The van der Waals surface area contributed by atoms with E-state index in [9.17, 15) is 14.4 Å². The Hall–Kier alpha value is -5.90. The lowest BCUT2D eigenvalue weighted by Crippen LogP contribution is -2.30. The van der Waals surface area contributed by atoms with E-state index < -0.39 is 0 Å². The first-order valence-corrected chi connectivity index (χ1v) is 17.0. The van der Waals surface area contributed by atoms with Gasteiger partial charge in [-0.3, -0.25) is 14.4 Å². The minimum Gasteiger partial charge on any atom is -0.473 e. The quantitative estimate of drug-likeness (QED) is 0.103. The molecular weight excluding hydrogens is 644 g/mol. The minimum absolute atomic E-state index is 0.00264. The monoisotopic (exact) mass is 690 g/mol. The van der Waals surface area contributed by atoms with Gasteiger partial charge in [0.2, 0.25) is 23.3 Å². The number of aromatic nitrogens is 2. The summed E-state index contributed by atoms with van der Waals surface area (Å²) in [5.41, 5.74) is 3.33. The molecule has 0 aliphatic heterocycles. The zero-order valence-electron chi connectivity index (χ0n) is 29.6. The third-order valence-corrected chi connectivity index (χ3v) is 7.64. The van der Waals surface area contributed by atoms with Crippen molar-refractivity contribution >= 4 is 11.8 Å². The molecule has 0 saturated heterocycles. The highest BCUT2D eigenvalue weighted by Gasteiger charge is 2.06. The number of ether oxygens (including phenoxy) is 3. The Morgan fingerprint density at radius 2 is 1.16 bits per heavy atom. The molecule has 2 aromatic heterocycles. The van der Waals surface area contributed by atoms with E-state index in [0.29, 0.717) is 29.7 Å². The number of nitrogens with zero attached hydrogens (tertiary/aromatic N) is 1. The number of benzene rings is 3. The Labute approximate surface area is 299 Å². The van der Waals surface area contributed by atoms with Gasteiger partial charge in [-0.1, -0.05) is 54.6 Å². The van der Waals surface area contributed by atoms with Crippen LogP contribution in [0.5, 0.6) is 28.9 Å². The molecule has 2 amide bonds. The van der Waals surface area contributed by atoms with Crippen molar-refractivity contribution in [2.75, 3.05) is 0 Å². The average molecular weight is 691 g/mol. The third kappa shape index (κ3) is 14.6. The van der Waals surface area contributed by atoms with Crippen molar-refractivity contribution in [3.63, 3.8) is 0 Å². The largest absolute Gasteiger partial charge is 0.473 e. The standard InChI is InChI=1S/C24H26N2O3.C17H20N2O3/c1-18(26-19(2)27)8-9-20-10-12-22(13-11-20)29-23-14-15-24(25-16-23)28-17-21-6-4-3-5-7-21;1-12(19-13(2)20)3-4-14-5-7-15(8-6-14)22-16-9-10-17(21)18-11-16/h3-7,10-16,18H,8-9,17H2,1-2H3,(H,26,27);5-12H,3-4H2,1-2H3,(H,18,21)(H,19,20). The second-order valence-corrected chi connectivity index (χ2v) is 12.3. The lowest BCUT2D eigenvalue weighted by atomic mass is 10.1. The van der Waals surface area contributed by atoms with Crippen LogP contribution < -0.4 is 30.4 Å². The summed E-state index contributed by atoms with van der Waals surface area (Å²) in [5, 5.41) is 5.77. The number of pyridine rings is 2. The van der Waals surface area contributed by atoms with Crippen LogP contribution in [0.2, 0.25) is 0 Å². The van der Waals surface area contributed by atoms with Crippen LogP contribution in [0.4, 0.5) is 0 Å². The van der Waals surface area contributed by atoms with Gasteiger partial charge in [-0.15, -0.1) is 0 Å². The van der Waals surface area contributed by atoms with Crippen molar-refractivity contribution in [1.29, 1.82) is 0 Å². The summed E-state index contributed by atoms with van der Waals surface area (Å²) < 4.78 is 17.2. The first kappa shape index (κ1) is 37.9. The fourth-order valence-electron chi connectivity index (χ4n) is 5.03. The summed E-state index contributed by atoms with van der Waals surface area (Å²) in [7, 11) is 0. The summed E-state index contributed by atoms with van der Waals surface area (Å²) in [5.74, 6) is 3.28. The number of carbonyl (C=O) groups is 2. The molecule has 0 aliphatic rings. The van der Waals surface area contributed by atoms with Gasteiger partial charge in [-0.05, 0) is 92.6 Å². The number of aryl methyl sites for hydroxylation is 2. The fourth-order valence-corrected chi connectivity index (χ4v) is 5.03. The summed E-state index contributed by atoms with van der Waals surface area (Å²) in [6.07, 6.45) is 6.76. The van der Waals surface area contributed by atoms with E-state index in [1.807, 2.05) is 98.8 Å². The van der Waals surface area contributed by atoms with Crippen LogP contribution in [0.25, 0.3) is 0 Å². The molecule has 10 nitrogen and oxygen atoms in total. The van der Waals surface area contributed by atoms with E-state index in [-0.39, 0.29) is 29.5 Å². The fraction of sp³-hybridized carbons (Fsp3) is 0.268. The molecular formula is C41H46N4O6. The number of hydrogen-bond acceptors (Lipinski definition) is 7. The van der Waals surface area contributed by atoms with Crippen LogP contribution >= 0.6 is 0 Å². The maximum Gasteiger partial charge on any atom is 0.248 e. The lowest BCUT2D eigenvalue weighted by molar-refractivity contribution is -0.120. The van der Waals surface area contributed by atoms with Gasteiger partial charge in [-0.2, -0.15) is 0 Å². The van der Waals surface area contributed by atoms with Crippen molar-refractivity contribution in [2.45, 2.75) is 72.1 Å². The van der Waals surface area contributed by atoms with Crippen molar-refractivity contribution in [2.24, 2.45) is 0 Å². The smallest absolute Gasteiger partial charge is 0.248 e. The van der Waals surface area contributed by atoms with Crippen molar-refractivity contribution in [3.05, 3.63) is 143 Å². The Balaban J connectivity index is 0.000000238. The maximum atomic E-state index is 11.1. The predicted octanol–water partition coefficient (Wildman–Crippen LogP) is 7.53. The molecule has 0 aliphatic carbocycles. The van der Waals surface area contributed by atoms with E-state index in [1.54, 1.807) is 25.3 Å². The van der Waals surface area contributed by atoms with E-state index in [2.05, 4.69) is 20.6 Å². The van der Waals surface area contributed by atoms with Gasteiger partial charge in [0, 0.05) is 44.3 Å². The summed E-state index contributed by atoms with van der Waals surface area (Å²) in [4.78, 5) is 39.9. The molecule has 2 heterocycles. The molecule has 0 spiro atoms. The molecule has 5 aromatic rings. The van der Waals surface area contributed by atoms with Gasteiger partial charge in [-0.25, -0.2) is 4.98 Å². The second kappa shape index (κ2) is 19.9. The van der Waals surface area contributed by atoms with Crippen LogP contribution in [-0.4, -0.2) is 33.9 Å². The first-order chi connectivity index (χ1) is 24.6. The molecule has 51 heavy (non-hydrogen) atoms. The van der Waals surface area contributed by atoms with Crippen LogP contribution in [-0.2, 0) is 29.0 Å². The Kier molecular flexibility index (Phi) is 14.8. The molecule has 0 radical (unpaired) electrons. The molecule has 0 saturated carbocycles. The van der Waals surface area contributed by atoms with Gasteiger partial charge >= 0.3 is 0 Å². The highest BCUT2D eigenvalue weighted by atomic mass is 16.5. The number of rotatable bonds is 15. The van der Waals surface area contributed by atoms with Crippen molar-refractivity contribution in [1.82, 2.24) is 20.6 Å². The molecule has 2 atom stereocenters. The summed E-state index contributed by atoms with van der Waals surface area (Å²) in [6, 6.07) is 32.8. The normalized spacial score (nSPS) is 11.6. The van der Waals surface area contributed by atoms with Crippen molar-refractivity contribution < 1.29 is 23.8 Å². The van der Waals surface area contributed by atoms with Gasteiger partial charge in [0.1, 0.15) is 29.6 Å². The van der Waals surface area contributed by atoms with Crippen LogP contribution in [0, 0.1) is 0 Å². The number of H-pyrrole nitrogens is 1. The molecule has 3 N–H and O–H groups in total. The number of amides is 2. The molecule has 10 heteroatoms. The zero-order chi connectivity index (χ0) is 36.4. The van der Waals surface area contributed by atoms with Gasteiger partial charge in [0.15, 0.2) is 0 Å². The van der Waals surface area contributed by atoms with Crippen molar-refractivity contribution in [3.8, 4) is 28.9 Å². The Morgan fingerprint density at radius 1 is 0.647 bits per heavy atom. The maximum absolute atomic E-state index is 11.1. The zero-order valence-corrected chi connectivity index (χ0v) is 29.6. The number of aromatic amines is 1. The third-order valence-electron chi connectivity index (χ3n) is 7.64. The van der Waals surface area contributed by atoms with E-state index in [0.717, 1.165) is 37.0 Å². The lowest BCUT2D eigenvalue weighted by Gasteiger charge is -2.12. The first-order valence-electron chi connectivity index (χ1n) is 17.0. The number of carbonyl (C=O) groups excluding carboxylic acids is 2. The molecule has 0 bridgehead atoms. The highest BCUT2D eigenvalue weighted by molar-refractivity contribution is 5.73. The number of hydrogen-bond donors (Lipinski definition) is 3. The highest BCUT2D eigenvalue weighted by Crippen LogP contribution is 2.24. The van der Waals surface area contributed by atoms with E-state index in [1.165, 1.54) is 30.3 Å². The Morgan fingerprint density at radius 3 is 1.63 bits per heavy atom. The summed E-state index contributed by atoms with van der Waals surface area (Å²) in [6.45, 7) is 7.56. The number of nitrogens with one attached hydrogen (secondary N) is 3. The van der Waals surface area contributed by atoms with Crippen LogP contribution in [0.3, 0.4) is 0 Å². The Bertz CT molecular complexity index is 1820. The van der Waals surface area contributed by atoms with E-state index >= 15 is 0 Å². The molecule has 3 aromatic carbocycles. The van der Waals surface area contributed by atoms with E-state index in [4.69, 9.17) is 14.2 Å². The minimum atomic E-state index is -0.156.